The molecule has 2 rings (SSSR count). The van der Waals surface area contributed by atoms with E-state index in [-0.39, 0.29) is 17.2 Å². The van der Waals surface area contributed by atoms with E-state index in [4.69, 9.17) is 11.6 Å². The zero-order valence-corrected chi connectivity index (χ0v) is 16.7. The van der Waals surface area contributed by atoms with Crippen LogP contribution in [0.1, 0.15) is 5.56 Å². The molecular formula is C18H22ClN3O3S. The van der Waals surface area contributed by atoms with E-state index in [1.54, 1.807) is 29.2 Å². The van der Waals surface area contributed by atoms with Crippen molar-refractivity contribution >= 4 is 38.9 Å². The first-order valence-electron chi connectivity index (χ1n) is 7.90. The number of rotatable bonds is 6. The summed E-state index contributed by atoms with van der Waals surface area (Å²) in [5, 5.41) is 3.31. The number of halogens is 1. The average Bonchev–Trinajstić information content (AvgIpc) is 2.56. The fourth-order valence-electron chi connectivity index (χ4n) is 2.39. The first kappa shape index (κ1) is 20.2. The molecule has 2 aromatic carbocycles. The van der Waals surface area contributed by atoms with Gasteiger partial charge in [-0.3, -0.25) is 4.79 Å². The molecule has 0 aromatic heterocycles. The van der Waals surface area contributed by atoms with Crippen LogP contribution in [0.3, 0.4) is 0 Å². The Hall–Kier alpha value is -2.09. The SMILES string of the molecule is CN(C)c1ccc(S(=O)(=O)N(C)C)cc1NC(=O)Cc1ccccc1Cl. The summed E-state index contributed by atoms with van der Waals surface area (Å²) in [6, 6.07) is 11.8. The summed E-state index contributed by atoms with van der Waals surface area (Å²) in [6.07, 6.45) is 0.0944. The number of amides is 1. The zero-order valence-electron chi connectivity index (χ0n) is 15.2. The van der Waals surface area contributed by atoms with Gasteiger partial charge in [0.1, 0.15) is 0 Å². The van der Waals surface area contributed by atoms with Crippen LogP contribution in [0.2, 0.25) is 5.02 Å². The number of nitrogens with one attached hydrogen (secondary N) is 1. The quantitative estimate of drug-likeness (QED) is 0.816. The van der Waals surface area contributed by atoms with E-state index >= 15 is 0 Å². The van der Waals surface area contributed by atoms with E-state index in [0.29, 0.717) is 22.0 Å². The van der Waals surface area contributed by atoms with Crippen LogP contribution in [-0.2, 0) is 21.2 Å². The molecule has 0 bridgehead atoms. The fourth-order valence-corrected chi connectivity index (χ4v) is 3.52. The second kappa shape index (κ2) is 8.07. The second-order valence-electron chi connectivity index (χ2n) is 6.18. The molecule has 0 aliphatic rings. The third-order valence-electron chi connectivity index (χ3n) is 3.81. The lowest BCUT2D eigenvalue weighted by molar-refractivity contribution is -0.115. The van der Waals surface area contributed by atoms with E-state index in [1.807, 2.05) is 20.2 Å². The highest BCUT2D eigenvalue weighted by Crippen LogP contribution is 2.29. The van der Waals surface area contributed by atoms with Gasteiger partial charge < -0.3 is 10.2 Å². The first-order chi connectivity index (χ1) is 12.1. The number of sulfonamides is 1. The van der Waals surface area contributed by atoms with Crippen LogP contribution in [0.4, 0.5) is 11.4 Å². The Labute approximate surface area is 159 Å². The van der Waals surface area contributed by atoms with E-state index in [1.165, 1.54) is 26.2 Å². The summed E-state index contributed by atoms with van der Waals surface area (Å²) in [4.78, 5) is 14.4. The lowest BCUT2D eigenvalue weighted by Gasteiger charge is -2.20. The van der Waals surface area contributed by atoms with Gasteiger partial charge in [0, 0.05) is 33.2 Å². The van der Waals surface area contributed by atoms with Crippen molar-refractivity contribution in [2.45, 2.75) is 11.3 Å². The predicted molar refractivity (Wildman–Crippen MR) is 105 cm³/mol. The maximum Gasteiger partial charge on any atom is 0.242 e. The van der Waals surface area contributed by atoms with Gasteiger partial charge in [-0.1, -0.05) is 29.8 Å². The molecule has 0 aliphatic heterocycles. The molecule has 0 atom stereocenters. The predicted octanol–water partition coefficient (Wildman–Crippen LogP) is 2.84. The number of hydrogen-bond acceptors (Lipinski definition) is 4. The highest BCUT2D eigenvalue weighted by Gasteiger charge is 2.20. The molecule has 0 radical (unpaired) electrons. The van der Waals surface area contributed by atoms with Gasteiger partial charge in [-0.2, -0.15) is 0 Å². The van der Waals surface area contributed by atoms with Crippen LogP contribution in [0.25, 0.3) is 0 Å². The van der Waals surface area contributed by atoms with Crippen LogP contribution >= 0.6 is 11.6 Å². The van der Waals surface area contributed by atoms with Gasteiger partial charge >= 0.3 is 0 Å². The van der Waals surface area contributed by atoms with Gasteiger partial charge in [0.2, 0.25) is 15.9 Å². The fraction of sp³-hybridized carbons (Fsp3) is 0.278. The van der Waals surface area contributed by atoms with E-state index in [9.17, 15) is 13.2 Å². The van der Waals surface area contributed by atoms with Gasteiger partial charge in [-0.15, -0.1) is 0 Å². The Morgan fingerprint density at radius 2 is 1.73 bits per heavy atom. The molecule has 0 saturated carbocycles. The lowest BCUT2D eigenvalue weighted by Crippen LogP contribution is -2.23. The van der Waals surface area contributed by atoms with Crippen molar-refractivity contribution in [1.29, 1.82) is 0 Å². The Bertz CT molecular complexity index is 912. The second-order valence-corrected chi connectivity index (χ2v) is 8.74. The topological polar surface area (TPSA) is 69.7 Å². The molecule has 6 nitrogen and oxygen atoms in total. The van der Waals surface area contributed by atoms with Crippen molar-refractivity contribution in [2.24, 2.45) is 0 Å². The Morgan fingerprint density at radius 1 is 1.08 bits per heavy atom. The average molecular weight is 396 g/mol. The number of hydrogen-bond donors (Lipinski definition) is 1. The standard InChI is InChI=1S/C18H22ClN3O3S/c1-21(2)17-10-9-14(26(24,25)22(3)4)12-16(17)20-18(23)11-13-7-5-6-8-15(13)19/h5-10,12H,11H2,1-4H3,(H,20,23). The molecule has 8 heteroatoms. The summed E-state index contributed by atoms with van der Waals surface area (Å²) >= 11 is 6.10. The maximum atomic E-state index is 12.5. The van der Waals surface area contributed by atoms with Crippen molar-refractivity contribution in [2.75, 3.05) is 38.4 Å². The molecule has 140 valence electrons. The van der Waals surface area contributed by atoms with Crippen LogP contribution in [0.5, 0.6) is 0 Å². The van der Waals surface area contributed by atoms with Gasteiger partial charge in [-0.05, 0) is 29.8 Å². The Kier molecular flexibility index (Phi) is 6.28. The van der Waals surface area contributed by atoms with Gasteiger partial charge in [0.25, 0.3) is 0 Å². The summed E-state index contributed by atoms with van der Waals surface area (Å²) in [5.74, 6) is -0.277. The van der Waals surface area contributed by atoms with Crippen LogP contribution in [0.15, 0.2) is 47.4 Å². The molecule has 0 aliphatic carbocycles. The maximum absolute atomic E-state index is 12.5. The van der Waals surface area contributed by atoms with Crippen molar-refractivity contribution in [3.05, 3.63) is 53.1 Å². The smallest absolute Gasteiger partial charge is 0.242 e. The summed E-state index contributed by atoms with van der Waals surface area (Å²) in [6.45, 7) is 0. The van der Waals surface area contributed by atoms with Crippen LogP contribution < -0.4 is 10.2 Å². The van der Waals surface area contributed by atoms with Crippen molar-refractivity contribution < 1.29 is 13.2 Å². The van der Waals surface area contributed by atoms with E-state index in [2.05, 4.69) is 5.32 Å². The van der Waals surface area contributed by atoms with Crippen LogP contribution in [-0.4, -0.2) is 46.8 Å². The number of nitrogens with zero attached hydrogens (tertiary/aromatic N) is 2. The highest BCUT2D eigenvalue weighted by atomic mass is 35.5. The summed E-state index contributed by atoms with van der Waals surface area (Å²) in [7, 11) is 2.96. The van der Waals surface area contributed by atoms with Gasteiger partial charge in [0.05, 0.1) is 22.7 Å². The Morgan fingerprint density at radius 3 is 2.31 bits per heavy atom. The highest BCUT2D eigenvalue weighted by molar-refractivity contribution is 7.89. The Balaban J connectivity index is 2.34. The van der Waals surface area contributed by atoms with Crippen molar-refractivity contribution in [3.63, 3.8) is 0 Å². The molecule has 0 spiro atoms. The van der Waals surface area contributed by atoms with Gasteiger partial charge in [0.15, 0.2) is 0 Å². The minimum atomic E-state index is -3.60. The third kappa shape index (κ3) is 4.55. The number of benzene rings is 2. The molecule has 0 heterocycles. The molecule has 0 unspecified atom stereocenters. The monoisotopic (exact) mass is 395 g/mol. The van der Waals surface area contributed by atoms with Crippen molar-refractivity contribution in [1.82, 2.24) is 4.31 Å². The number of carbonyl (C=O) groups excluding carboxylic acids is 1. The molecule has 2 aromatic rings. The largest absolute Gasteiger partial charge is 0.376 e. The lowest BCUT2D eigenvalue weighted by atomic mass is 10.1. The summed E-state index contributed by atoms with van der Waals surface area (Å²) < 4.78 is 25.9. The molecule has 1 amide bonds. The first-order valence-corrected chi connectivity index (χ1v) is 9.72. The van der Waals surface area contributed by atoms with E-state index in [0.717, 1.165) is 4.31 Å². The van der Waals surface area contributed by atoms with E-state index < -0.39 is 10.0 Å². The summed E-state index contributed by atoms with van der Waals surface area (Å²) in [5.41, 5.74) is 1.83. The molecule has 1 N–H and O–H groups in total. The van der Waals surface area contributed by atoms with Crippen LogP contribution in [0, 0.1) is 0 Å². The molecule has 26 heavy (non-hydrogen) atoms. The number of carbonyl (C=O) groups is 1. The third-order valence-corrected chi connectivity index (χ3v) is 5.99. The number of anilines is 2. The van der Waals surface area contributed by atoms with Gasteiger partial charge in [-0.25, -0.2) is 12.7 Å². The molecule has 0 fully saturated rings. The zero-order chi connectivity index (χ0) is 19.5. The molecule has 0 saturated heterocycles. The van der Waals surface area contributed by atoms with Crippen molar-refractivity contribution in [3.8, 4) is 0 Å². The normalized spacial score (nSPS) is 11.5. The minimum absolute atomic E-state index is 0.0944. The minimum Gasteiger partial charge on any atom is -0.376 e. The molecular weight excluding hydrogens is 374 g/mol.